The first-order valence-corrected chi connectivity index (χ1v) is 11.8. The standard InChI is InChI=1S/C25H17Cl2F2NO4S/c1-33-21-10-15(9-19(27)23(21)34-13-14-5-7-16(28)8-6-14)11-22-24(31)30(25(32)35-22)12-17-18(26)3-2-4-20(17)29/h2-11H,12-13H2,1H3/b22-11-. The molecule has 180 valence electrons. The molecule has 2 amide bonds. The summed E-state index contributed by atoms with van der Waals surface area (Å²) in [7, 11) is 1.44. The van der Waals surface area contributed by atoms with Crippen LogP contribution < -0.4 is 9.47 Å². The van der Waals surface area contributed by atoms with Crippen molar-refractivity contribution >= 4 is 52.2 Å². The number of halogens is 4. The summed E-state index contributed by atoms with van der Waals surface area (Å²) in [4.78, 5) is 26.4. The average Bonchev–Trinajstić information content (AvgIpc) is 3.08. The normalized spacial score (nSPS) is 14.7. The molecule has 0 aliphatic carbocycles. The van der Waals surface area contributed by atoms with E-state index in [1.54, 1.807) is 24.3 Å². The summed E-state index contributed by atoms with van der Waals surface area (Å²) >= 11 is 13.2. The molecule has 3 aromatic rings. The Morgan fingerprint density at radius 3 is 2.46 bits per heavy atom. The lowest BCUT2D eigenvalue weighted by atomic mass is 10.1. The Labute approximate surface area is 214 Å². The van der Waals surface area contributed by atoms with Crippen LogP contribution in [0.5, 0.6) is 11.5 Å². The molecule has 1 aliphatic rings. The first-order chi connectivity index (χ1) is 16.8. The van der Waals surface area contributed by atoms with Gasteiger partial charge in [-0.05, 0) is 65.4 Å². The number of hydrogen-bond acceptors (Lipinski definition) is 5. The van der Waals surface area contributed by atoms with E-state index < -0.39 is 17.0 Å². The molecule has 4 rings (SSSR count). The molecule has 0 atom stereocenters. The molecule has 5 nitrogen and oxygen atoms in total. The zero-order valence-corrected chi connectivity index (χ0v) is 20.5. The van der Waals surface area contributed by atoms with Crippen LogP contribution in [0, 0.1) is 11.6 Å². The monoisotopic (exact) mass is 535 g/mol. The van der Waals surface area contributed by atoms with Gasteiger partial charge in [-0.2, -0.15) is 0 Å². The summed E-state index contributed by atoms with van der Waals surface area (Å²) in [5, 5.41) is -0.200. The van der Waals surface area contributed by atoms with E-state index >= 15 is 0 Å². The minimum atomic E-state index is -0.603. The lowest BCUT2D eigenvalue weighted by Gasteiger charge is -2.14. The number of carbonyl (C=O) groups is 2. The number of benzene rings is 3. The van der Waals surface area contributed by atoms with Gasteiger partial charge in [-0.15, -0.1) is 0 Å². The number of carbonyl (C=O) groups excluding carboxylic acids is 2. The number of thioether (sulfide) groups is 1. The lowest BCUT2D eigenvalue weighted by Crippen LogP contribution is -2.28. The quantitative estimate of drug-likeness (QED) is 0.302. The van der Waals surface area contributed by atoms with Crippen molar-refractivity contribution in [2.75, 3.05) is 7.11 Å². The van der Waals surface area contributed by atoms with Crippen molar-refractivity contribution in [2.45, 2.75) is 13.2 Å². The first kappa shape index (κ1) is 25.0. The van der Waals surface area contributed by atoms with Gasteiger partial charge in [-0.1, -0.05) is 41.4 Å². The van der Waals surface area contributed by atoms with Crippen molar-refractivity contribution in [2.24, 2.45) is 0 Å². The van der Waals surface area contributed by atoms with Crippen LogP contribution in [0.1, 0.15) is 16.7 Å². The topological polar surface area (TPSA) is 55.8 Å². The van der Waals surface area contributed by atoms with Gasteiger partial charge in [-0.3, -0.25) is 14.5 Å². The van der Waals surface area contributed by atoms with Crippen LogP contribution in [0.25, 0.3) is 6.08 Å². The number of ether oxygens (including phenoxy) is 2. The number of nitrogens with zero attached hydrogens (tertiary/aromatic N) is 1. The maximum Gasteiger partial charge on any atom is 0.293 e. The van der Waals surface area contributed by atoms with Gasteiger partial charge in [0.25, 0.3) is 11.1 Å². The average molecular weight is 536 g/mol. The van der Waals surface area contributed by atoms with Crippen LogP contribution in [0.4, 0.5) is 13.6 Å². The Morgan fingerprint density at radius 2 is 1.77 bits per heavy atom. The zero-order chi connectivity index (χ0) is 25.1. The van der Waals surface area contributed by atoms with E-state index in [4.69, 9.17) is 32.7 Å². The van der Waals surface area contributed by atoms with Gasteiger partial charge in [0.05, 0.1) is 23.6 Å². The molecule has 10 heteroatoms. The summed E-state index contributed by atoms with van der Waals surface area (Å²) < 4.78 is 38.4. The van der Waals surface area contributed by atoms with E-state index in [-0.39, 0.29) is 45.2 Å². The SMILES string of the molecule is COc1cc(/C=C2\SC(=O)N(Cc3c(F)cccc3Cl)C2=O)cc(Cl)c1OCc1ccc(F)cc1. The minimum Gasteiger partial charge on any atom is -0.493 e. The molecule has 0 saturated carbocycles. The fraction of sp³-hybridized carbons (Fsp3) is 0.120. The number of hydrogen-bond donors (Lipinski definition) is 0. The van der Waals surface area contributed by atoms with Crippen molar-refractivity contribution in [3.63, 3.8) is 0 Å². The fourth-order valence-electron chi connectivity index (χ4n) is 3.33. The summed E-state index contributed by atoms with van der Waals surface area (Å²) in [6.45, 7) is -0.152. The Balaban J connectivity index is 1.54. The van der Waals surface area contributed by atoms with E-state index in [1.807, 2.05) is 0 Å². The molecule has 35 heavy (non-hydrogen) atoms. The molecule has 0 aromatic heterocycles. The molecular formula is C25H17Cl2F2NO4S. The van der Waals surface area contributed by atoms with Gasteiger partial charge in [0.1, 0.15) is 18.2 Å². The van der Waals surface area contributed by atoms with Crippen LogP contribution in [-0.2, 0) is 17.9 Å². The molecular weight excluding hydrogens is 519 g/mol. The molecule has 0 unspecified atom stereocenters. The molecule has 1 saturated heterocycles. The van der Waals surface area contributed by atoms with E-state index in [0.29, 0.717) is 11.3 Å². The Morgan fingerprint density at radius 1 is 1.03 bits per heavy atom. The maximum atomic E-state index is 14.1. The molecule has 0 spiro atoms. The van der Waals surface area contributed by atoms with Crippen LogP contribution in [0.15, 0.2) is 59.5 Å². The highest BCUT2D eigenvalue weighted by atomic mass is 35.5. The van der Waals surface area contributed by atoms with Gasteiger partial charge in [0, 0.05) is 10.6 Å². The van der Waals surface area contributed by atoms with E-state index in [1.165, 1.54) is 43.5 Å². The first-order valence-electron chi connectivity index (χ1n) is 10.2. The number of rotatable bonds is 7. The number of methoxy groups -OCH3 is 1. The Hall–Kier alpha value is -3.07. The Bertz CT molecular complexity index is 1310. The molecule has 1 heterocycles. The van der Waals surface area contributed by atoms with Crippen LogP contribution in [0.2, 0.25) is 10.0 Å². The predicted molar refractivity (Wildman–Crippen MR) is 132 cm³/mol. The van der Waals surface area contributed by atoms with E-state index in [0.717, 1.165) is 22.2 Å². The van der Waals surface area contributed by atoms with Gasteiger partial charge in [-0.25, -0.2) is 8.78 Å². The highest BCUT2D eigenvalue weighted by Gasteiger charge is 2.36. The molecule has 0 bridgehead atoms. The van der Waals surface area contributed by atoms with Crippen molar-refractivity contribution in [1.29, 1.82) is 0 Å². The summed E-state index contributed by atoms with van der Waals surface area (Å²) in [6, 6.07) is 13.1. The predicted octanol–water partition coefficient (Wildman–Crippen LogP) is 7.10. The third kappa shape index (κ3) is 5.61. The molecule has 0 N–H and O–H groups in total. The molecule has 1 fully saturated rings. The van der Waals surface area contributed by atoms with Crippen LogP contribution >= 0.6 is 35.0 Å². The lowest BCUT2D eigenvalue weighted by molar-refractivity contribution is -0.123. The molecule has 3 aromatic carbocycles. The van der Waals surface area contributed by atoms with E-state index in [2.05, 4.69) is 0 Å². The molecule has 1 aliphatic heterocycles. The third-order valence-corrected chi connectivity index (χ3v) is 6.64. The summed E-state index contributed by atoms with van der Waals surface area (Å²) in [6.07, 6.45) is 1.49. The van der Waals surface area contributed by atoms with Crippen molar-refractivity contribution in [3.05, 3.63) is 97.9 Å². The maximum absolute atomic E-state index is 14.1. The van der Waals surface area contributed by atoms with Crippen molar-refractivity contribution in [3.8, 4) is 11.5 Å². The third-order valence-electron chi connectivity index (χ3n) is 5.10. The minimum absolute atomic E-state index is 0.0603. The van der Waals surface area contributed by atoms with Crippen LogP contribution in [0.3, 0.4) is 0 Å². The van der Waals surface area contributed by atoms with Gasteiger partial charge in [0.2, 0.25) is 0 Å². The highest BCUT2D eigenvalue weighted by Crippen LogP contribution is 2.40. The zero-order valence-electron chi connectivity index (χ0n) is 18.2. The van der Waals surface area contributed by atoms with E-state index in [9.17, 15) is 18.4 Å². The van der Waals surface area contributed by atoms with Gasteiger partial charge in [0.15, 0.2) is 11.5 Å². The van der Waals surface area contributed by atoms with Gasteiger partial charge < -0.3 is 9.47 Å². The highest BCUT2D eigenvalue weighted by molar-refractivity contribution is 8.18. The van der Waals surface area contributed by atoms with Crippen molar-refractivity contribution < 1.29 is 27.8 Å². The van der Waals surface area contributed by atoms with Crippen LogP contribution in [-0.4, -0.2) is 23.2 Å². The second-order valence-electron chi connectivity index (χ2n) is 7.42. The fourth-order valence-corrected chi connectivity index (χ4v) is 4.66. The second-order valence-corrected chi connectivity index (χ2v) is 9.22. The second kappa shape index (κ2) is 10.7. The largest absolute Gasteiger partial charge is 0.493 e. The van der Waals surface area contributed by atoms with Crippen molar-refractivity contribution in [1.82, 2.24) is 4.90 Å². The van der Waals surface area contributed by atoms with Gasteiger partial charge >= 0.3 is 0 Å². The molecule has 0 radical (unpaired) electrons. The summed E-state index contributed by atoms with van der Waals surface area (Å²) in [5.41, 5.74) is 1.29. The smallest absolute Gasteiger partial charge is 0.293 e. The number of imide groups is 1. The number of amides is 2. The Kier molecular flexibility index (Phi) is 7.64. The summed E-state index contributed by atoms with van der Waals surface area (Å²) in [5.74, 6) is -0.949.